The number of aromatic nitrogens is 1. The summed E-state index contributed by atoms with van der Waals surface area (Å²) in [4.78, 5) is 11.6. The van der Waals surface area contributed by atoms with E-state index in [4.69, 9.17) is 16.1 Å². The fraction of sp³-hybridized carbons (Fsp3) is 0.231. The summed E-state index contributed by atoms with van der Waals surface area (Å²) in [6.07, 6.45) is 0. The van der Waals surface area contributed by atoms with Gasteiger partial charge in [0.05, 0.1) is 12.3 Å². The second kappa shape index (κ2) is 6.91. The zero-order valence-electron chi connectivity index (χ0n) is 11.7. The van der Waals surface area contributed by atoms with Crippen LogP contribution in [0.3, 0.4) is 0 Å². The van der Waals surface area contributed by atoms with E-state index in [9.17, 15) is 13.2 Å². The molecule has 0 radical (unpaired) electrons. The third-order valence-electron chi connectivity index (χ3n) is 2.62. The average Bonchev–Trinajstić information content (AvgIpc) is 2.84. The average molecular weight is 344 g/mol. The number of nitrogens with one attached hydrogen (secondary N) is 2. The zero-order chi connectivity index (χ0) is 16.2. The van der Waals surface area contributed by atoms with Crippen molar-refractivity contribution >= 4 is 33.3 Å². The van der Waals surface area contributed by atoms with Crippen molar-refractivity contribution < 1.29 is 17.7 Å². The molecule has 22 heavy (non-hydrogen) atoms. The van der Waals surface area contributed by atoms with Gasteiger partial charge in [-0.15, -0.1) is 0 Å². The highest BCUT2D eigenvalue weighted by atomic mass is 35.5. The molecule has 2 rings (SSSR count). The molecule has 0 atom stereocenters. The lowest BCUT2D eigenvalue weighted by Gasteiger charge is -2.06. The van der Waals surface area contributed by atoms with Crippen molar-refractivity contribution in [3.63, 3.8) is 0 Å². The Kier molecular flexibility index (Phi) is 5.17. The predicted molar refractivity (Wildman–Crippen MR) is 81.9 cm³/mol. The monoisotopic (exact) mass is 343 g/mol. The van der Waals surface area contributed by atoms with Crippen molar-refractivity contribution in [2.24, 2.45) is 0 Å². The molecule has 0 bridgehead atoms. The molecule has 118 valence electrons. The van der Waals surface area contributed by atoms with Crippen LogP contribution in [0.4, 0.5) is 5.82 Å². The van der Waals surface area contributed by atoms with Crippen molar-refractivity contribution in [1.82, 2.24) is 9.88 Å². The first kappa shape index (κ1) is 16.5. The number of amides is 1. The molecule has 1 amide bonds. The quantitative estimate of drug-likeness (QED) is 0.831. The van der Waals surface area contributed by atoms with Gasteiger partial charge in [0.2, 0.25) is 15.9 Å². The van der Waals surface area contributed by atoms with Gasteiger partial charge in [-0.25, -0.2) is 13.1 Å². The number of halogens is 1. The highest BCUT2D eigenvalue weighted by Gasteiger charge is 2.14. The first-order chi connectivity index (χ1) is 10.3. The number of hydrogen-bond donors (Lipinski definition) is 2. The van der Waals surface area contributed by atoms with Crippen LogP contribution in [0, 0.1) is 6.92 Å². The maximum Gasteiger partial charge on any atom is 0.240 e. The molecule has 0 aliphatic carbocycles. The number of carbonyl (C=O) groups is 1. The van der Waals surface area contributed by atoms with E-state index >= 15 is 0 Å². The van der Waals surface area contributed by atoms with Crippen molar-refractivity contribution in [3.8, 4) is 0 Å². The van der Waals surface area contributed by atoms with Gasteiger partial charge < -0.3 is 9.84 Å². The van der Waals surface area contributed by atoms with E-state index in [1.165, 1.54) is 6.07 Å². The molecule has 1 aromatic carbocycles. The molecule has 0 fully saturated rings. The second-order valence-electron chi connectivity index (χ2n) is 4.58. The normalized spacial score (nSPS) is 11.4. The van der Waals surface area contributed by atoms with Gasteiger partial charge in [-0.1, -0.05) is 28.9 Å². The molecule has 7 nitrogen and oxygen atoms in total. The molecule has 2 N–H and O–H groups in total. The zero-order valence-corrected chi connectivity index (χ0v) is 13.2. The van der Waals surface area contributed by atoms with Crippen LogP contribution in [-0.2, 0) is 20.6 Å². The summed E-state index contributed by atoms with van der Waals surface area (Å²) in [5.74, 6) is 0.00607. The first-order valence-corrected chi connectivity index (χ1v) is 8.32. The number of benzene rings is 1. The molecular formula is C13H14ClN3O4S. The number of sulfonamides is 1. The van der Waals surface area contributed by atoms with Crippen LogP contribution in [0.25, 0.3) is 0 Å². The second-order valence-corrected chi connectivity index (χ2v) is 6.82. The largest absolute Gasteiger partial charge is 0.360 e. The van der Waals surface area contributed by atoms with Crippen LogP contribution in [0.15, 0.2) is 34.9 Å². The van der Waals surface area contributed by atoms with Crippen LogP contribution in [0.2, 0.25) is 5.02 Å². The summed E-state index contributed by atoms with van der Waals surface area (Å²) >= 11 is 5.73. The standard InChI is InChI=1S/C13H14ClN3O4S/c1-9-6-12(17-21-9)16-13(18)7-15-22(19,20)8-10-2-4-11(14)5-3-10/h2-6,15H,7-8H2,1H3,(H,16,17,18). The van der Waals surface area contributed by atoms with Crippen LogP contribution < -0.4 is 10.0 Å². The van der Waals surface area contributed by atoms with E-state index in [1.54, 1.807) is 31.2 Å². The van der Waals surface area contributed by atoms with E-state index in [0.717, 1.165) is 0 Å². The maximum absolute atomic E-state index is 11.9. The highest BCUT2D eigenvalue weighted by Crippen LogP contribution is 2.11. The summed E-state index contributed by atoms with van der Waals surface area (Å²) in [7, 11) is -3.63. The number of aryl methyl sites for hydroxylation is 1. The molecule has 1 aromatic heterocycles. The fourth-order valence-corrected chi connectivity index (χ4v) is 2.85. The summed E-state index contributed by atoms with van der Waals surface area (Å²) in [6.45, 7) is 1.29. The maximum atomic E-state index is 11.9. The molecule has 0 aliphatic heterocycles. The molecule has 0 saturated carbocycles. The highest BCUT2D eigenvalue weighted by molar-refractivity contribution is 7.88. The Morgan fingerprint density at radius 1 is 1.32 bits per heavy atom. The summed E-state index contributed by atoms with van der Waals surface area (Å²) in [5.41, 5.74) is 0.574. The number of nitrogens with zero attached hydrogens (tertiary/aromatic N) is 1. The summed E-state index contributed by atoms with van der Waals surface area (Å²) in [6, 6.07) is 7.96. The molecule has 2 aromatic rings. The molecular weight excluding hydrogens is 330 g/mol. The van der Waals surface area contributed by atoms with Gasteiger partial charge in [0.15, 0.2) is 5.82 Å². The van der Waals surface area contributed by atoms with E-state index in [2.05, 4.69) is 15.2 Å². The van der Waals surface area contributed by atoms with E-state index in [0.29, 0.717) is 16.3 Å². The van der Waals surface area contributed by atoms with Crippen LogP contribution >= 0.6 is 11.6 Å². The van der Waals surface area contributed by atoms with Gasteiger partial charge in [0, 0.05) is 11.1 Å². The van der Waals surface area contributed by atoms with Crippen molar-refractivity contribution in [1.29, 1.82) is 0 Å². The SMILES string of the molecule is Cc1cc(NC(=O)CNS(=O)(=O)Cc2ccc(Cl)cc2)no1. The van der Waals surface area contributed by atoms with Crippen LogP contribution in [0.1, 0.15) is 11.3 Å². The van der Waals surface area contributed by atoms with Crippen LogP contribution in [0.5, 0.6) is 0 Å². The van der Waals surface area contributed by atoms with Crippen molar-refractivity contribution in [2.45, 2.75) is 12.7 Å². The van der Waals surface area contributed by atoms with Gasteiger partial charge in [-0.3, -0.25) is 4.79 Å². The van der Waals surface area contributed by atoms with Gasteiger partial charge >= 0.3 is 0 Å². The van der Waals surface area contributed by atoms with Gasteiger partial charge in [-0.2, -0.15) is 0 Å². The lowest BCUT2D eigenvalue weighted by molar-refractivity contribution is -0.115. The Bertz CT molecular complexity index is 756. The molecule has 0 saturated heterocycles. The minimum Gasteiger partial charge on any atom is -0.360 e. The number of carbonyl (C=O) groups excluding carboxylic acids is 1. The summed E-state index contributed by atoms with van der Waals surface area (Å²) < 4.78 is 30.8. The Morgan fingerprint density at radius 2 is 2.00 bits per heavy atom. The minimum atomic E-state index is -3.63. The molecule has 0 aliphatic rings. The molecule has 0 spiro atoms. The number of rotatable bonds is 6. The van der Waals surface area contributed by atoms with Gasteiger partial charge in [-0.05, 0) is 24.6 Å². The number of hydrogen-bond acceptors (Lipinski definition) is 5. The fourth-order valence-electron chi connectivity index (χ4n) is 1.64. The topological polar surface area (TPSA) is 101 Å². The van der Waals surface area contributed by atoms with E-state index in [-0.39, 0.29) is 18.1 Å². The van der Waals surface area contributed by atoms with E-state index < -0.39 is 15.9 Å². The van der Waals surface area contributed by atoms with Crippen molar-refractivity contribution in [2.75, 3.05) is 11.9 Å². The minimum absolute atomic E-state index is 0.236. The molecule has 9 heteroatoms. The summed E-state index contributed by atoms with van der Waals surface area (Å²) in [5, 5.41) is 6.52. The Morgan fingerprint density at radius 3 is 2.59 bits per heavy atom. The van der Waals surface area contributed by atoms with Gasteiger partial charge in [0.1, 0.15) is 5.76 Å². The van der Waals surface area contributed by atoms with Crippen molar-refractivity contribution in [3.05, 3.63) is 46.7 Å². The van der Waals surface area contributed by atoms with E-state index in [1.807, 2.05) is 0 Å². The third kappa shape index (κ3) is 5.14. The molecule has 1 heterocycles. The Labute approximate surface area is 132 Å². The van der Waals surface area contributed by atoms with Gasteiger partial charge in [0.25, 0.3) is 0 Å². The predicted octanol–water partition coefficient (Wildman–Crippen LogP) is 1.69. The lowest BCUT2D eigenvalue weighted by Crippen LogP contribution is -2.33. The number of anilines is 1. The third-order valence-corrected chi connectivity index (χ3v) is 4.17. The Balaban J connectivity index is 1.86. The first-order valence-electron chi connectivity index (χ1n) is 6.29. The lowest BCUT2D eigenvalue weighted by atomic mass is 10.2. The Hall–Kier alpha value is -1.90. The molecule has 0 unspecified atom stereocenters. The van der Waals surface area contributed by atoms with Crippen LogP contribution in [-0.4, -0.2) is 26.0 Å². The smallest absolute Gasteiger partial charge is 0.240 e.